The van der Waals surface area contributed by atoms with Crippen LogP contribution < -0.4 is 10.1 Å². The number of carbonyl (C=O) groups is 1. The number of likely N-dealkylation sites (N-methyl/N-ethyl adjacent to an activating group) is 1. The minimum Gasteiger partial charge on any atom is -0.468 e. The normalized spacial score (nSPS) is 16.8. The van der Waals surface area contributed by atoms with E-state index in [1.165, 1.54) is 18.3 Å². The van der Waals surface area contributed by atoms with Gasteiger partial charge in [-0.05, 0) is 18.7 Å². The second-order valence-electron chi connectivity index (χ2n) is 7.33. The summed E-state index contributed by atoms with van der Waals surface area (Å²) >= 11 is 0. The van der Waals surface area contributed by atoms with E-state index < -0.39 is 12.8 Å². The van der Waals surface area contributed by atoms with E-state index in [-0.39, 0.29) is 23.4 Å². The van der Waals surface area contributed by atoms with Crippen LogP contribution in [0.15, 0.2) is 48.7 Å². The summed E-state index contributed by atoms with van der Waals surface area (Å²) < 4.78 is 41.3. The van der Waals surface area contributed by atoms with E-state index in [4.69, 9.17) is 0 Å². The minimum absolute atomic E-state index is 0.180. The van der Waals surface area contributed by atoms with Crippen LogP contribution >= 0.6 is 0 Å². The van der Waals surface area contributed by atoms with Crippen molar-refractivity contribution in [1.29, 1.82) is 0 Å². The number of piperazine rings is 1. The molecule has 0 spiro atoms. The number of aromatic nitrogens is 1. The quantitative estimate of drug-likeness (QED) is 0.744. The van der Waals surface area contributed by atoms with E-state index in [9.17, 15) is 18.0 Å². The summed E-state index contributed by atoms with van der Waals surface area (Å²) in [5.74, 6) is -0.520. The summed E-state index contributed by atoms with van der Waals surface area (Å²) in [5.41, 5.74) is 1.25. The van der Waals surface area contributed by atoms with Gasteiger partial charge in [0.15, 0.2) is 6.61 Å². The number of rotatable bonds is 7. The number of hydrogen-bond donors (Lipinski definition) is 1. The maximum Gasteiger partial charge on any atom is 0.422 e. The lowest BCUT2D eigenvalue weighted by Gasteiger charge is -2.35. The average molecular weight is 422 g/mol. The number of alkyl halides is 3. The van der Waals surface area contributed by atoms with Crippen LogP contribution in [-0.4, -0.2) is 73.2 Å². The lowest BCUT2D eigenvalue weighted by Crippen LogP contribution is -2.47. The smallest absolute Gasteiger partial charge is 0.422 e. The Hall–Kier alpha value is -2.65. The zero-order valence-electron chi connectivity index (χ0n) is 16.7. The first kappa shape index (κ1) is 22.0. The lowest BCUT2D eigenvalue weighted by molar-refractivity contribution is -0.154. The highest BCUT2D eigenvalue weighted by atomic mass is 19.4. The van der Waals surface area contributed by atoms with Crippen LogP contribution in [0.25, 0.3) is 0 Å². The molecule has 30 heavy (non-hydrogen) atoms. The zero-order valence-corrected chi connectivity index (χ0v) is 16.7. The molecule has 162 valence electrons. The Morgan fingerprint density at radius 3 is 2.43 bits per heavy atom. The van der Waals surface area contributed by atoms with Gasteiger partial charge in [0, 0.05) is 45.0 Å². The van der Waals surface area contributed by atoms with Crippen LogP contribution in [0.2, 0.25) is 0 Å². The van der Waals surface area contributed by atoms with Crippen molar-refractivity contribution >= 4 is 5.91 Å². The maximum atomic E-state index is 12.8. The Morgan fingerprint density at radius 2 is 1.83 bits per heavy atom. The Labute approximate surface area is 173 Å². The molecular formula is C21H25F3N4O2. The Bertz CT molecular complexity index is 807. The highest BCUT2D eigenvalue weighted by molar-refractivity contribution is 5.94. The van der Waals surface area contributed by atoms with Crippen LogP contribution in [0.4, 0.5) is 13.2 Å². The van der Waals surface area contributed by atoms with Crippen molar-refractivity contribution in [3.05, 3.63) is 59.8 Å². The van der Waals surface area contributed by atoms with Gasteiger partial charge < -0.3 is 15.0 Å². The van der Waals surface area contributed by atoms with Gasteiger partial charge in [0.25, 0.3) is 5.91 Å². The summed E-state index contributed by atoms with van der Waals surface area (Å²) in [5, 5.41) is 3.03. The predicted molar refractivity (Wildman–Crippen MR) is 106 cm³/mol. The van der Waals surface area contributed by atoms with Gasteiger partial charge in [-0.3, -0.25) is 9.69 Å². The molecule has 0 radical (unpaired) electrons. The van der Waals surface area contributed by atoms with Crippen LogP contribution in [0, 0.1) is 0 Å². The number of ether oxygens (including phenoxy) is 1. The number of amides is 1. The van der Waals surface area contributed by atoms with Crippen molar-refractivity contribution in [3.63, 3.8) is 0 Å². The van der Waals surface area contributed by atoms with Crippen molar-refractivity contribution in [2.24, 2.45) is 0 Å². The van der Waals surface area contributed by atoms with Crippen LogP contribution in [0.3, 0.4) is 0 Å². The van der Waals surface area contributed by atoms with E-state index >= 15 is 0 Å². The highest BCUT2D eigenvalue weighted by Gasteiger charge is 2.28. The molecule has 1 N–H and O–H groups in total. The summed E-state index contributed by atoms with van der Waals surface area (Å²) in [7, 11) is 2.09. The molecular weight excluding hydrogens is 397 g/mol. The van der Waals surface area contributed by atoms with E-state index in [0.29, 0.717) is 6.54 Å². The zero-order chi connectivity index (χ0) is 21.6. The van der Waals surface area contributed by atoms with Crippen LogP contribution in [-0.2, 0) is 0 Å². The molecule has 1 aromatic carbocycles. The molecule has 1 amide bonds. The summed E-state index contributed by atoms with van der Waals surface area (Å²) in [4.78, 5) is 21.1. The molecule has 0 aliphatic carbocycles. The summed E-state index contributed by atoms with van der Waals surface area (Å²) in [6, 6.07) is 12.1. The van der Waals surface area contributed by atoms with Crippen molar-refractivity contribution in [2.45, 2.75) is 12.2 Å². The summed E-state index contributed by atoms with van der Waals surface area (Å²) in [6.07, 6.45) is -3.22. The van der Waals surface area contributed by atoms with Crippen molar-refractivity contribution in [3.8, 4) is 5.88 Å². The molecule has 1 atom stereocenters. The molecule has 1 aliphatic rings. The molecule has 9 heteroatoms. The minimum atomic E-state index is -4.44. The van der Waals surface area contributed by atoms with Crippen LogP contribution in [0.1, 0.15) is 22.0 Å². The number of halogens is 3. The standard InChI is InChI=1S/C21H25F3N4O2/c1-27-9-11-28(12-10-27)14-18(16-5-3-2-4-6-16)26-20(29)17-7-8-19(25-13-17)30-15-21(22,23)24/h2-8,13,18H,9-12,14-15H2,1H3,(H,26,29). The topological polar surface area (TPSA) is 57.7 Å². The average Bonchev–Trinajstić information content (AvgIpc) is 2.74. The molecule has 2 heterocycles. The van der Waals surface area contributed by atoms with Crippen molar-refractivity contribution < 1.29 is 22.7 Å². The fourth-order valence-corrected chi connectivity index (χ4v) is 3.21. The third-order valence-corrected chi connectivity index (χ3v) is 4.93. The van der Waals surface area contributed by atoms with Crippen molar-refractivity contribution in [1.82, 2.24) is 20.1 Å². The molecule has 0 bridgehead atoms. The molecule has 1 aromatic heterocycles. The Kier molecular flexibility index (Phi) is 7.28. The number of carbonyl (C=O) groups excluding carboxylic acids is 1. The fourth-order valence-electron chi connectivity index (χ4n) is 3.21. The lowest BCUT2D eigenvalue weighted by atomic mass is 10.1. The largest absolute Gasteiger partial charge is 0.468 e. The van der Waals surface area contributed by atoms with Gasteiger partial charge in [-0.15, -0.1) is 0 Å². The van der Waals surface area contributed by atoms with Gasteiger partial charge in [0.2, 0.25) is 5.88 Å². The maximum absolute atomic E-state index is 12.8. The molecule has 1 fully saturated rings. The van der Waals surface area contributed by atoms with Gasteiger partial charge in [-0.2, -0.15) is 13.2 Å². The monoisotopic (exact) mass is 422 g/mol. The van der Waals surface area contributed by atoms with E-state index in [2.05, 4.69) is 31.9 Å². The fraction of sp³-hybridized carbons (Fsp3) is 0.429. The highest BCUT2D eigenvalue weighted by Crippen LogP contribution is 2.19. The van der Waals surface area contributed by atoms with Gasteiger partial charge in [-0.1, -0.05) is 30.3 Å². The van der Waals surface area contributed by atoms with Crippen LogP contribution in [0.5, 0.6) is 5.88 Å². The molecule has 2 aromatic rings. The first-order valence-electron chi connectivity index (χ1n) is 9.72. The molecule has 1 unspecified atom stereocenters. The second-order valence-corrected chi connectivity index (χ2v) is 7.33. The van der Waals surface area contributed by atoms with E-state index in [1.807, 2.05) is 30.3 Å². The number of nitrogens with one attached hydrogen (secondary N) is 1. The van der Waals surface area contributed by atoms with Gasteiger partial charge >= 0.3 is 6.18 Å². The Morgan fingerprint density at radius 1 is 1.13 bits per heavy atom. The van der Waals surface area contributed by atoms with Gasteiger partial charge in [0.1, 0.15) is 0 Å². The van der Waals surface area contributed by atoms with Gasteiger partial charge in [-0.25, -0.2) is 4.98 Å². The van der Waals surface area contributed by atoms with Crippen molar-refractivity contribution in [2.75, 3.05) is 46.4 Å². The number of hydrogen-bond acceptors (Lipinski definition) is 5. The summed E-state index contributed by atoms with van der Waals surface area (Å²) in [6.45, 7) is 3.03. The first-order valence-corrected chi connectivity index (χ1v) is 9.72. The Balaban J connectivity index is 1.65. The molecule has 6 nitrogen and oxygen atoms in total. The predicted octanol–water partition coefficient (Wildman–Crippen LogP) is 2.74. The molecule has 0 saturated carbocycles. The van der Waals surface area contributed by atoms with E-state index in [1.54, 1.807) is 0 Å². The van der Waals surface area contributed by atoms with Gasteiger partial charge in [0.05, 0.1) is 11.6 Å². The first-order chi connectivity index (χ1) is 14.3. The second kappa shape index (κ2) is 9.90. The molecule has 3 rings (SSSR count). The third kappa shape index (κ3) is 6.70. The molecule has 1 saturated heterocycles. The molecule has 1 aliphatic heterocycles. The number of benzene rings is 1. The van der Waals surface area contributed by atoms with E-state index in [0.717, 1.165) is 31.7 Å². The number of nitrogens with zero attached hydrogens (tertiary/aromatic N) is 3. The third-order valence-electron chi connectivity index (χ3n) is 4.93. The number of pyridine rings is 1. The SMILES string of the molecule is CN1CCN(CC(NC(=O)c2ccc(OCC(F)(F)F)nc2)c2ccccc2)CC1.